The van der Waals surface area contributed by atoms with Crippen molar-refractivity contribution in [2.24, 2.45) is 0 Å². The highest BCUT2D eigenvalue weighted by atomic mass is 32.1. The number of carbonyl (C=O) groups excluding carboxylic acids is 2. The molecule has 0 bridgehead atoms. The summed E-state index contributed by atoms with van der Waals surface area (Å²) in [5.74, 6) is 1.06. The van der Waals surface area contributed by atoms with Gasteiger partial charge in [0.2, 0.25) is 11.8 Å². The van der Waals surface area contributed by atoms with Crippen LogP contribution in [0, 0.1) is 0 Å². The predicted molar refractivity (Wildman–Crippen MR) is 97.2 cm³/mol. The van der Waals surface area contributed by atoms with Crippen LogP contribution in [-0.2, 0) is 42.1 Å². The molecule has 0 aliphatic carbocycles. The van der Waals surface area contributed by atoms with Crippen molar-refractivity contribution in [3.05, 3.63) is 39.6 Å². The summed E-state index contributed by atoms with van der Waals surface area (Å²) in [5.41, 5.74) is 3.24. The Bertz CT molecular complexity index is 751. The molecule has 1 N–H and O–H groups in total. The molecule has 3 heterocycles. The molecular formula is C18H24N4O2S. The van der Waals surface area contributed by atoms with Crippen molar-refractivity contribution in [2.45, 2.75) is 52.7 Å². The Morgan fingerprint density at radius 2 is 2.20 bits per heavy atom. The lowest BCUT2D eigenvalue weighted by molar-refractivity contribution is -0.131. The fourth-order valence-corrected chi connectivity index (χ4v) is 3.84. The first kappa shape index (κ1) is 17.7. The molecule has 2 aromatic rings. The monoisotopic (exact) mass is 360 g/mol. The molecule has 1 aliphatic heterocycles. The van der Waals surface area contributed by atoms with Gasteiger partial charge in [0, 0.05) is 25.9 Å². The smallest absolute Gasteiger partial charge is 0.227 e. The third-order valence-corrected chi connectivity index (χ3v) is 5.29. The van der Waals surface area contributed by atoms with Crippen LogP contribution in [0.5, 0.6) is 0 Å². The highest BCUT2D eigenvalue weighted by Gasteiger charge is 2.26. The molecule has 7 heteroatoms. The van der Waals surface area contributed by atoms with E-state index >= 15 is 0 Å². The Morgan fingerprint density at radius 1 is 1.36 bits per heavy atom. The van der Waals surface area contributed by atoms with Crippen molar-refractivity contribution in [1.29, 1.82) is 0 Å². The van der Waals surface area contributed by atoms with E-state index in [1.165, 1.54) is 0 Å². The Balaban J connectivity index is 1.72. The number of thiophene rings is 1. The minimum Gasteiger partial charge on any atom is -0.349 e. The average molecular weight is 360 g/mol. The van der Waals surface area contributed by atoms with Crippen LogP contribution in [0.2, 0.25) is 0 Å². The molecular weight excluding hydrogens is 336 g/mol. The second kappa shape index (κ2) is 7.82. The normalized spacial score (nSPS) is 13.6. The minimum absolute atomic E-state index is 0.0243. The van der Waals surface area contributed by atoms with E-state index in [0.29, 0.717) is 32.5 Å². The first-order valence-corrected chi connectivity index (χ1v) is 9.69. The molecule has 0 saturated heterocycles. The molecule has 3 rings (SSSR count). The zero-order valence-corrected chi connectivity index (χ0v) is 15.6. The van der Waals surface area contributed by atoms with Crippen molar-refractivity contribution in [2.75, 3.05) is 6.54 Å². The van der Waals surface area contributed by atoms with Gasteiger partial charge >= 0.3 is 0 Å². The Kier molecular flexibility index (Phi) is 5.53. The number of hydrogen-bond acceptors (Lipinski definition) is 4. The molecule has 2 amide bonds. The number of fused-ring (bicyclic) bond motifs is 1. The predicted octanol–water partition coefficient (Wildman–Crippen LogP) is 2.12. The quantitative estimate of drug-likeness (QED) is 0.858. The summed E-state index contributed by atoms with van der Waals surface area (Å²) in [6.45, 7) is 6.43. The van der Waals surface area contributed by atoms with E-state index in [9.17, 15) is 9.59 Å². The zero-order chi connectivity index (χ0) is 17.8. The molecule has 0 unspecified atom stereocenters. The first-order valence-electron chi connectivity index (χ1n) is 8.75. The van der Waals surface area contributed by atoms with E-state index in [1.807, 2.05) is 28.7 Å². The van der Waals surface area contributed by atoms with Crippen molar-refractivity contribution < 1.29 is 9.59 Å². The maximum atomic E-state index is 12.6. The van der Waals surface area contributed by atoms with Crippen molar-refractivity contribution in [1.82, 2.24) is 19.8 Å². The number of carbonyl (C=O) groups is 2. The fourth-order valence-electron chi connectivity index (χ4n) is 3.17. The van der Waals surface area contributed by atoms with E-state index in [0.717, 1.165) is 35.7 Å². The Hall–Kier alpha value is -2.15. The third kappa shape index (κ3) is 3.92. The van der Waals surface area contributed by atoms with Gasteiger partial charge in [-0.2, -0.15) is 11.3 Å². The van der Waals surface area contributed by atoms with Gasteiger partial charge in [-0.05, 0) is 29.3 Å². The largest absolute Gasteiger partial charge is 0.349 e. The number of hydrogen-bond donors (Lipinski definition) is 1. The van der Waals surface area contributed by atoms with Crippen molar-refractivity contribution in [3.63, 3.8) is 0 Å². The second-order valence-corrected chi connectivity index (χ2v) is 6.95. The van der Waals surface area contributed by atoms with Gasteiger partial charge in [-0.3, -0.25) is 9.59 Å². The van der Waals surface area contributed by atoms with Gasteiger partial charge in [0.1, 0.15) is 5.82 Å². The van der Waals surface area contributed by atoms with Gasteiger partial charge in [0.05, 0.1) is 30.9 Å². The highest BCUT2D eigenvalue weighted by molar-refractivity contribution is 7.08. The van der Waals surface area contributed by atoms with Gasteiger partial charge in [-0.1, -0.05) is 6.92 Å². The van der Waals surface area contributed by atoms with E-state index in [4.69, 9.17) is 4.98 Å². The lowest BCUT2D eigenvalue weighted by atomic mass is 10.1. The van der Waals surface area contributed by atoms with E-state index in [-0.39, 0.29) is 11.8 Å². The van der Waals surface area contributed by atoms with Crippen molar-refractivity contribution >= 4 is 23.2 Å². The van der Waals surface area contributed by atoms with Crippen LogP contribution < -0.4 is 5.32 Å². The standard InChI is InChI=1S/C18H24N4O2S/c1-3-17(23)19-10-16-20-14-5-7-21(11-15(14)22(16)4-2)18(24)9-13-6-8-25-12-13/h6,8,12H,3-5,7,9-11H2,1-2H3,(H,19,23). The van der Waals surface area contributed by atoms with Crippen LogP contribution in [0.25, 0.3) is 0 Å². The number of nitrogens with zero attached hydrogens (tertiary/aromatic N) is 3. The second-order valence-electron chi connectivity index (χ2n) is 6.17. The summed E-state index contributed by atoms with van der Waals surface area (Å²) >= 11 is 1.62. The molecule has 0 fully saturated rings. The molecule has 6 nitrogen and oxygen atoms in total. The van der Waals surface area contributed by atoms with Crippen LogP contribution >= 0.6 is 11.3 Å². The minimum atomic E-state index is 0.0243. The van der Waals surface area contributed by atoms with Crippen LogP contribution in [-0.4, -0.2) is 32.8 Å². The van der Waals surface area contributed by atoms with E-state index < -0.39 is 0 Å². The maximum absolute atomic E-state index is 12.6. The van der Waals surface area contributed by atoms with Crippen LogP contribution in [0.1, 0.15) is 43.0 Å². The molecule has 0 radical (unpaired) electrons. The summed E-state index contributed by atoms with van der Waals surface area (Å²) in [4.78, 5) is 30.7. The molecule has 25 heavy (non-hydrogen) atoms. The molecule has 2 aromatic heterocycles. The van der Waals surface area contributed by atoms with E-state index in [2.05, 4.69) is 16.8 Å². The SMILES string of the molecule is CCC(=O)NCc1nc2c(n1CC)CN(C(=O)Cc1ccsc1)CC2. The average Bonchev–Trinajstić information content (AvgIpc) is 3.25. The fraction of sp³-hybridized carbons (Fsp3) is 0.500. The summed E-state index contributed by atoms with van der Waals surface area (Å²) < 4.78 is 2.13. The molecule has 0 aromatic carbocycles. The van der Waals surface area contributed by atoms with Crippen LogP contribution in [0.4, 0.5) is 0 Å². The summed E-state index contributed by atoms with van der Waals surface area (Å²) in [7, 11) is 0. The number of nitrogens with one attached hydrogen (secondary N) is 1. The molecule has 1 aliphatic rings. The van der Waals surface area contributed by atoms with Gasteiger partial charge in [-0.25, -0.2) is 4.98 Å². The topological polar surface area (TPSA) is 67.2 Å². The number of amides is 2. The summed E-state index contributed by atoms with van der Waals surface area (Å²) in [6.07, 6.45) is 1.70. The molecule has 134 valence electrons. The lowest BCUT2D eigenvalue weighted by Crippen LogP contribution is -2.37. The van der Waals surface area contributed by atoms with Crippen LogP contribution in [0.3, 0.4) is 0 Å². The lowest BCUT2D eigenvalue weighted by Gasteiger charge is -2.27. The van der Waals surface area contributed by atoms with Gasteiger partial charge in [0.15, 0.2) is 0 Å². The Labute approximate surface area is 151 Å². The van der Waals surface area contributed by atoms with Gasteiger partial charge < -0.3 is 14.8 Å². The number of rotatable bonds is 6. The van der Waals surface area contributed by atoms with Gasteiger partial charge in [-0.15, -0.1) is 0 Å². The molecule has 0 atom stereocenters. The third-order valence-electron chi connectivity index (χ3n) is 4.56. The first-order chi connectivity index (χ1) is 12.1. The maximum Gasteiger partial charge on any atom is 0.227 e. The Morgan fingerprint density at radius 3 is 2.88 bits per heavy atom. The summed E-state index contributed by atoms with van der Waals surface area (Å²) in [6, 6.07) is 2.00. The highest BCUT2D eigenvalue weighted by Crippen LogP contribution is 2.21. The number of imidazole rings is 1. The van der Waals surface area contributed by atoms with Crippen molar-refractivity contribution in [3.8, 4) is 0 Å². The zero-order valence-electron chi connectivity index (χ0n) is 14.7. The summed E-state index contributed by atoms with van der Waals surface area (Å²) in [5, 5.41) is 6.92. The van der Waals surface area contributed by atoms with Gasteiger partial charge in [0.25, 0.3) is 0 Å². The van der Waals surface area contributed by atoms with E-state index in [1.54, 1.807) is 11.3 Å². The molecule has 0 saturated carbocycles. The number of aromatic nitrogens is 2. The van der Waals surface area contributed by atoms with Crippen LogP contribution in [0.15, 0.2) is 16.8 Å². The molecule has 0 spiro atoms.